The van der Waals surface area contributed by atoms with E-state index in [1.54, 1.807) is 19.6 Å². The second kappa shape index (κ2) is 7.49. The molecule has 1 saturated carbocycles. The molecule has 0 unspecified atom stereocenters. The lowest BCUT2D eigenvalue weighted by Crippen LogP contribution is -2.49. The van der Waals surface area contributed by atoms with E-state index in [-0.39, 0.29) is 24.4 Å². The summed E-state index contributed by atoms with van der Waals surface area (Å²) in [5.41, 5.74) is 0.892. The van der Waals surface area contributed by atoms with Gasteiger partial charge in [0.25, 0.3) is 0 Å². The maximum absolute atomic E-state index is 12.3. The smallest absolute Gasteiger partial charge is 0.224 e. The van der Waals surface area contributed by atoms with Crippen LogP contribution >= 0.6 is 0 Å². The largest absolute Gasteiger partial charge is 0.497 e. The van der Waals surface area contributed by atoms with Crippen molar-refractivity contribution >= 4 is 5.91 Å². The van der Waals surface area contributed by atoms with E-state index in [1.807, 2.05) is 35.0 Å². The third kappa shape index (κ3) is 3.76. The van der Waals surface area contributed by atoms with Crippen molar-refractivity contribution in [3.63, 3.8) is 0 Å². The number of hydrogen-bond donors (Lipinski definition) is 2. The Bertz CT molecular complexity index is 672. The van der Waals surface area contributed by atoms with Gasteiger partial charge in [-0.05, 0) is 37.0 Å². The van der Waals surface area contributed by atoms with Gasteiger partial charge in [0.15, 0.2) is 0 Å². The van der Waals surface area contributed by atoms with Crippen molar-refractivity contribution in [2.75, 3.05) is 7.11 Å². The van der Waals surface area contributed by atoms with Crippen molar-refractivity contribution in [2.24, 2.45) is 0 Å². The van der Waals surface area contributed by atoms with E-state index in [4.69, 9.17) is 4.74 Å². The summed E-state index contributed by atoms with van der Waals surface area (Å²) in [5, 5.41) is 13.6. The van der Waals surface area contributed by atoms with Crippen LogP contribution in [0.25, 0.3) is 0 Å². The Labute approximate surface area is 141 Å². The molecule has 1 amide bonds. The second-order valence-electron chi connectivity index (χ2n) is 6.20. The van der Waals surface area contributed by atoms with Crippen LogP contribution in [-0.4, -0.2) is 39.8 Å². The average Bonchev–Trinajstić information content (AvgIpc) is 3.11. The van der Waals surface area contributed by atoms with Crippen molar-refractivity contribution in [2.45, 2.75) is 43.9 Å². The molecule has 1 aromatic carbocycles. The fraction of sp³-hybridized carbons (Fsp3) is 0.444. The number of hydrogen-bond acceptors (Lipinski definition) is 4. The van der Waals surface area contributed by atoms with Gasteiger partial charge in [-0.1, -0.05) is 12.1 Å². The van der Waals surface area contributed by atoms with Gasteiger partial charge in [-0.2, -0.15) is 0 Å². The number of methoxy groups -OCH3 is 1. The second-order valence-corrected chi connectivity index (χ2v) is 6.20. The van der Waals surface area contributed by atoms with E-state index in [1.165, 1.54) is 0 Å². The molecule has 1 aliphatic rings. The monoisotopic (exact) mass is 329 g/mol. The highest BCUT2D eigenvalue weighted by Gasteiger charge is 2.33. The summed E-state index contributed by atoms with van der Waals surface area (Å²) in [5.74, 6) is 0.650. The summed E-state index contributed by atoms with van der Waals surface area (Å²) in [6, 6.07) is 7.19. The number of benzene rings is 1. The van der Waals surface area contributed by atoms with Crippen molar-refractivity contribution in [1.29, 1.82) is 0 Å². The highest BCUT2D eigenvalue weighted by atomic mass is 16.5. The predicted octanol–water partition coefficient (Wildman–Crippen LogP) is 1.71. The van der Waals surface area contributed by atoms with Crippen LogP contribution < -0.4 is 10.1 Å². The first kappa shape index (κ1) is 16.5. The first-order chi connectivity index (χ1) is 11.7. The molecule has 24 heavy (non-hydrogen) atoms. The number of carbonyl (C=O) groups excluding carboxylic acids is 1. The summed E-state index contributed by atoms with van der Waals surface area (Å²) < 4.78 is 7.10. The number of nitrogens with zero attached hydrogens (tertiary/aromatic N) is 2. The Morgan fingerprint density at radius 1 is 1.46 bits per heavy atom. The van der Waals surface area contributed by atoms with E-state index < -0.39 is 6.10 Å². The number of carbonyl (C=O) groups is 1. The van der Waals surface area contributed by atoms with E-state index in [2.05, 4.69) is 10.3 Å². The molecule has 0 saturated heterocycles. The van der Waals surface area contributed by atoms with Crippen LogP contribution in [0.3, 0.4) is 0 Å². The number of nitrogens with one attached hydrogen (secondary N) is 1. The lowest BCUT2D eigenvalue weighted by molar-refractivity contribution is -0.122. The summed E-state index contributed by atoms with van der Waals surface area (Å²) in [6.07, 6.45) is 7.58. The zero-order valence-electron chi connectivity index (χ0n) is 13.8. The minimum Gasteiger partial charge on any atom is -0.497 e. The lowest BCUT2D eigenvalue weighted by Gasteiger charge is -2.35. The van der Waals surface area contributed by atoms with Crippen molar-refractivity contribution in [3.8, 4) is 5.75 Å². The van der Waals surface area contributed by atoms with Crippen molar-refractivity contribution in [1.82, 2.24) is 14.9 Å². The van der Waals surface area contributed by atoms with Gasteiger partial charge in [-0.15, -0.1) is 0 Å². The van der Waals surface area contributed by atoms with Gasteiger partial charge >= 0.3 is 0 Å². The Balaban J connectivity index is 1.61. The minimum absolute atomic E-state index is 0.0385. The number of ether oxygens (including phenoxy) is 1. The molecular weight excluding hydrogens is 306 g/mol. The van der Waals surface area contributed by atoms with Crippen LogP contribution in [-0.2, 0) is 11.2 Å². The Morgan fingerprint density at radius 2 is 2.33 bits per heavy atom. The zero-order valence-corrected chi connectivity index (χ0v) is 13.8. The molecule has 2 aromatic rings. The number of amides is 1. The van der Waals surface area contributed by atoms with Gasteiger partial charge in [-0.3, -0.25) is 4.79 Å². The molecule has 1 aliphatic carbocycles. The fourth-order valence-electron chi connectivity index (χ4n) is 3.33. The van der Waals surface area contributed by atoms with Gasteiger partial charge in [0.1, 0.15) is 5.75 Å². The van der Waals surface area contributed by atoms with Crippen LogP contribution in [0.15, 0.2) is 43.0 Å². The molecule has 128 valence electrons. The minimum atomic E-state index is -0.609. The highest BCUT2D eigenvalue weighted by molar-refractivity contribution is 5.79. The number of imidazole rings is 1. The average molecular weight is 329 g/mol. The molecule has 2 N–H and O–H groups in total. The molecule has 0 spiro atoms. The molecule has 6 nitrogen and oxygen atoms in total. The SMILES string of the molecule is COc1cccc(CC(=O)N[C@@H]2CCC[C@@H](n3ccnc3)[C@@H]2O)c1. The van der Waals surface area contributed by atoms with Crippen molar-refractivity contribution < 1.29 is 14.6 Å². The van der Waals surface area contributed by atoms with E-state index in [0.717, 1.165) is 30.6 Å². The van der Waals surface area contributed by atoms with Crippen LogP contribution in [0.2, 0.25) is 0 Å². The number of aromatic nitrogens is 2. The molecule has 0 radical (unpaired) electrons. The summed E-state index contributed by atoms with van der Waals surface area (Å²) in [7, 11) is 1.60. The van der Waals surface area contributed by atoms with E-state index >= 15 is 0 Å². The molecule has 3 rings (SSSR count). The van der Waals surface area contributed by atoms with Crippen molar-refractivity contribution in [3.05, 3.63) is 48.5 Å². The van der Waals surface area contributed by atoms with Gasteiger partial charge in [0.05, 0.1) is 38.0 Å². The topological polar surface area (TPSA) is 76.4 Å². The van der Waals surface area contributed by atoms with Gasteiger partial charge < -0.3 is 19.7 Å². The third-order valence-electron chi connectivity index (χ3n) is 4.57. The first-order valence-electron chi connectivity index (χ1n) is 8.25. The fourth-order valence-corrected chi connectivity index (χ4v) is 3.33. The first-order valence-corrected chi connectivity index (χ1v) is 8.25. The van der Waals surface area contributed by atoms with E-state index in [9.17, 15) is 9.90 Å². The Kier molecular flexibility index (Phi) is 5.15. The molecule has 3 atom stereocenters. The van der Waals surface area contributed by atoms with Crippen LogP contribution in [0.1, 0.15) is 30.9 Å². The normalized spacial score (nSPS) is 23.7. The van der Waals surface area contributed by atoms with Gasteiger partial charge in [0, 0.05) is 12.4 Å². The van der Waals surface area contributed by atoms with E-state index in [0.29, 0.717) is 0 Å². The summed E-state index contributed by atoms with van der Waals surface area (Å²) in [4.78, 5) is 16.4. The Morgan fingerprint density at radius 3 is 3.08 bits per heavy atom. The van der Waals surface area contributed by atoms with Gasteiger partial charge in [-0.25, -0.2) is 4.98 Å². The third-order valence-corrected chi connectivity index (χ3v) is 4.57. The standard InChI is InChI=1S/C18H23N3O3/c1-24-14-5-2-4-13(10-14)11-17(22)20-15-6-3-7-16(18(15)23)21-9-8-19-12-21/h2,4-5,8-10,12,15-16,18,23H,3,6-7,11H2,1H3,(H,20,22)/t15-,16-,18-/m1/s1. The maximum atomic E-state index is 12.3. The maximum Gasteiger partial charge on any atom is 0.224 e. The molecular formula is C18H23N3O3. The number of rotatable bonds is 5. The van der Waals surface area contributed by atoms with Crippen LogP contribution in [0.5, 0.6) is 5.75 Å². The summed E-state index contributed by atoms with van der Waals surface area (Å²) >= 11 is 0. The molecule has 1 heterocycles. The molecule has 0 bridgehead atoms. The molecule has 0 aliphatic heterocycles. The molecule has 6 heteroatoms. The Hall–Kier alpha value is -2.34. The predicted molar refractivity (Wildman–Crippen MR) is 89.8 cm³/mol. The molecule has 1 fully saturated rings. The highest BCUT2D eigenvalue weighted by Crippen LogP contribution is 2.29. The molecule has 1 aromatic heterocycles. The quantitative estimate of drug-likeness (QED) is 0.875. The number of aliphatic hydroxyl groups is 1. The lowest BCUT2D eigenvalue weighted by atomic mass is 9.87. The van der Waals surface area contributed by atoms with Crippen LogP contribution in [0.4, 0.5) is 0 Å². The summed E-state index contributed by atoms with van der Waals surface area (Å²) in [6.45, 7) is 0. The van der Waals surface area contributed by atoms with Crippen LogP contribution in [0, 0.1) is 0 Å². The zero-order chi connectivity index (χ0) is 16.9. The number of aliphatic hydroxyl groups excluding tert-OH is 1. The van der Waals surface area contributed by atoms with Gasteiger partial charge in [0.2, 0.25) is 5.91 Å².